The third-order valence-electron chi connectivity index (χ3n) is 4.96. The molecule has 3 aromatic rings. The van der Waals surface area contributed by atoms with E-state index in [1.165, 1.54) is 28.4 Å². The van der Waals surface area contributed by atoms with E-state index in [1.807, 2.05) is 0 Å². The fourth-order valence-electron chi connectivity index (χ4n) is 3.40. The molecular weight excluding hydrogens is 477 g/mol. The monoisotopic (exact) mass is 491 g/mol. The fourth-order valence-corrected chi connectivity index (χ4v) is 4.53. The maximum absolute atomic E-state index is 13.0. The summed E-state index contributed by atoms with van der Waals surface area (Å²) in [5.74, 6) is -0.839. The number of nitrogens with one attached hydrogen (secondary N) is 1. The SMILES string of the molecule is O=C(Nc1nnc(-c2ccc(Cl)cc2)s1)C1CCCN1C(=O)c1ccc([N+](=O)[O-])cc1Cl. The van der Waals surface area contributed by atoms with E-state index in [2.05, 4.69) is 15.5 Å². The molecule has 1 saturated heterocycles. The number of nitro groups is 1. The lowest BCUT2D eigenvalue weighted by atomic mass is 10.1. The van der Waals surface area contributed by atoms with Gasteiger partial charge in [-0.2, -0.15) is 0 Å². The Morgan fingerprint density at radius 1 is 1.16 bits per heavy atom. The van der Waals surface area contributed by atoms with Gasteiger partial charge in [-0.3, -0.25) is 25.0 Å². The van der Waals surface area contributed by atoms with Gasteiger partial charge in [-0.15, -0.1) is 10.2 Å². The van der Waals surface area contributed by atoms with Gasteiger partial charge < -0.3 is 4.90 Å². The van der Waals surface area contributed by atoms with Crippen molar-refractivity contribution in [2.75, 3.05) is 11.9 Å². The Morgan fingerprint density at radius 3 is 2.59 bits per heavy atom. The molecule has 1 fully saturated rings. The van der Waals surface area contributed by atoms with Crippen LogP contribution >= 0.6 is 34.5 Å². The number of non-ortho nitro benzene ring substituents is 1. The van der Waals surface area contributed by atoms with Crippen molar-refractivity contribution in [3.63, 3.8) is 0 Å². The van der Waals surface area contributed by atoms with Crippen LogP contribution in [-0.4, -0.2) is 44.4 Å². The Kier molecular flexibility index (Phi) is 6.35. The van der Waals surface area contributed by atoms with Gasteiger partial charge in [0.05, 0.1) is 15.5 Å². The number of carbonyl (C=O) groups excluding carboxylic acids is 2. The Bertz CT molecular complexity index is 1200. The average Bonchev–Trinajstić information content (AvgIpc) is 3.43. The minimum atomic E-state index is -0.711. The molecule has 0 bridgehead atoms. The van der Waals surface area contributed by atoms with Crippen LogP contribution in [0.5, 0.6) is 0 Å². The summed E-state index contributed by atoms with van der Waals surface area (Å²) in [6, 6.07) is 10.0. The van der Waals surface area contributed by atoms with E-state index in [0.717, 1.165) is 11.6 Å². The molecule has 2 heterocycles. The number of benzene rings is 2. The molecule has 1 aliphatic rings. The van der Waals surface area contributed by atoms with Crippen LogP contribution in [0.1, 0.15) is 23.2 Å². The number of anilines is 1. The van der Waals surface area contributed by atoms with Crippen molar-refractivity contribution in [3.05, 3.63) is 68.2 Å². The van der Waals surface area contributed by atoms with Crippen molar-refractivity contribution in [1.29, 1.82) is 0 Å². The van der Waals surface area contributed by atoms with Gasteiger partial charge in [0, 0.05) is 29.3 Å². The second-order valence-corrected chi connectivity index (χ2v) is 8.81. The van der Waals surface area contributed by atoms with E-state index >= 15 is 0 Å². The molecule has 1 aromatic heterocycles. The molecule has 12 heteroatoms. The summed E-state index contributed by atoms with van der Waals surface area (Å²) >= 11 is 13.2. The Hall–Kier alpha value is -3.08. The molecule has 2 aromatic carbocycles. The lowest BCUT2D eigenvalue weighted by Gasteiger charge is -2.23. The number of rotatable bonds is 5. The quantitative estimate of drug-likeness (QED) is 0.409. The third-order valence-corrected chi connectivity index (χ3v) is 6.41. The number of hydrogen-bond donors (Lipinski definition) is 1. The van der Waals surface area contributed by atoms with Gasteiger partial charge in [0.25, 0.3) is 11.6 Å². The molecule has 1 atom stereocenters. The molecule has 1 N–H and O–H groups in total. The Labute approximate surface area is 196 Å². The van der Waals surface area contributed by atoms with Gasteiger partial charge in [-0.25, -0.2) is 0 Å². The molecule has 0 spiro atoms. The van der Waals surface area contributed by atoms with Gasteiger partial charge in [0.2, 0.25) is 11.0 Å². The number of aromatic nitrogens is 2. The van der Waals surface area contributed by atoms with Gasteiger partial charge in [-0.1, -0.05) is 46.7 Å². The molecule has 164 valence electrons. The molecular formula is C20H15Cl2N5O4S. The van der Waals surface area contributed by atoms with Gasteiger partial charge >= 0.3 is 0 Å². The second kappa shape index (κ2) is 9.19. The van der Waals surface area contributed by atoms with Crippen LogP contribution in [0.25, 0.3) is 10.6 Å². The predicted octanol–water partition coefficient (Wildman–Crippen LogP) is 4.66. The van der Waals surface area contributed by atoms with Crippen LogP contribution < -0.4 is 5.32 Å². The summed E-state index contributed by atoms with van der Waals surface area (Å²) in [7, 11) is 0. The summed E-state index contributed by atoms with van der Waals surface area (Å²) in [6.45, 7) is 0.371. The van der Waals surface area contributed by atoms with Crippen LogP contribution in [0.15, 0.2) is 42.5 Å². The van der Waals surface area contributed by atoms with Crippen LogP contribution in [0, 0.1) is 10.1 Å². The zero-order valence-electron chi connectivity index (χ0n) is 16.3. The molecule has 1 aliphatic heterocycles. The molecule has 0 radical (unpaired) electrons. The maximum atomic E-state index is 13.0. The normalized spacial score (nSPS) is 15.6. The lowest BCUT2D eigenvalue weighted by Crippen LogP contribution is -2.43. The largest absolute Gasteiger partial charge is 0.327 e. The summed E-state index contributed by atoms with van der Waals surface area (Å²) in [5, 5.41) is 23.2. The molecule has 4 rings (SSSR count). The number of hydrogen-bond acceptors (Lipinski definition) is 7. The first-order chi connectivity index (χ1) is 15.3. The van der Waals surface area contributed by atoms with Gasteiger partial charge in [-0.05, 0) is 31.0 Å². The molecule has 2 amide bonds. The van der Waals surface area contributed by atoms with Crippen LogP contribution in [0.3, 0.4) is 0 Å². The van der Waals surface area contributed by atoms with Crippen LogP contribution in [0.2, 0.25) is 10.0 Å². The highest BCUT2D eigenvalue weighted by molar-refractivity contribution is 7.18. The number of amides is 2. The highest BCUT2D eigenvalue weighted by atomic mass is 35.5. The van der Waals surface area contributed by atoms with Crippen molar-refractivity contribution in [3.8, 4) is 10.6 Å². The number of halogens is 2. The number of likely N-dealkylation sites (tertiary alicyclic amines) is 1. The van der Waals surface area contributed by atoms with Crippen molar-refractivity contribution in [2.45, 2.75) is 18.9 Å². The smallest absolute Gasteiger partial charge is 0.270 e. The van der Waals surface area contributed by atoms with Crippen LogP contribution in [-0.2, 0) is 4.79 Å². The minimum Gasteiger partial charge on any atom is -0.327 e. The lowest BCUT2D eigenvalue weighted by molar-refractivity contribution is -0.384. The van der Waals surface area contributed by atoms with E-state index in [-0.39, 0.29) is 22.2 Å². The second-order valence-electron chi connectivity index (χ2n) is 6.99. The summed E-state index contributed by atoms with van der Waals surface area (Å²) in [5.41, 5.74) is 0.714. The topological polar surface area (TPSA) is 118 Å². The average molecular weight is 492 g/mol. The highest BCUT2D eigenvalue weighted by Gasteiger charge is 2.36. The minimum absolute atomic E-state index is 0.0352. The molecule has 0 saturated carbocycles. The standard InChI is InChI=1S/C20H15Cl2N5O4S/c21-12-5-3-11(4-6-12)18-24-25-20(32-18)23-17(28)16-2-1-9-26(16)19(29)14-8-7-13(27(30)31)10-15(14)22/h3-8,10,16H,1-2,9H2,(H,23,25,28). The zero-order valence-corrected chi connectivity index (χ0v) is 18.7. The van der Waals surface area contributed by atoms with Crippen molar-refractivity contribution in [2.24, 2.45) is 0 Å². The Balaban J connectivity index is 1.48. The van der Waals surface area contributed by atoms with Crippen molar-refractivity contribution in [1.82, 2.24) is 15.1 Å². The Morgan fingerprint density at radius 2 is 1.91 bits per heavy atom. The number of nitrogens with zero attached hydrogens (tertiary/aromatic N) is 4. The van der Waals surface area contributed by atoms with Crippen LogP contribution in [0.4, 0.5) is 10.8 Å². The summed E-state index contributed by atoms with van der Waals surface area (Å²) < 4.78 is 0. The molecule has 0 aliphatic carbocycles. The number of nitro benzene ring substituents is 1. The van der Waals surface area contributed by atoms with Crippen molar-refractivity contribution < 1.29 is 14.5 Å². The molecule has 9 nitrogen and oxygen atoms in total. The van der Waals surface area contributed by atoms with Gasteiger partial charge in [0.1, 0.15) is 11.0 Å². The first-order valence-corrected chi connectivity index (χ1v) is 11.1. The van der Waals surface area contributed by atoms with Gasteiger partial charge in [0.15, 0.2) is 0 Å². The van der Waals surface area contributed by atoms with Crippen molar-refractivity contribution >= 4 is 57.2 Å². The third kappa shape index (κ3) is 4.57. The maximum Gasteiger partial charge on any atom is 0.270 e. The predicted molar refractivity (Wildman–Crippen MR) is 121 cm³/mol. The molecule has 1 unspecified atom stereocenters. The molecule has 32 heavy (non-hydrogen) atoms. The highest BCUT2D eigenvalue weighted by Crippen LogP contribution is 2.30. The van der Waals surface area contributed by atoms with E-state index in [9.17, 15) is 19.7 Å². The van der Waals surface area contributed by atoms with E-state index in [4.69, 9.17) is 23.2 Å². The van der Waals surface area contributed by atoms with E-state index in [1.54, 1.807) is 24.3 Å². The van der Waals surface area contributed by atoms with E-state index in [0.29, 0.717) is 34.5 Å². The summed E-state index contributed by atoms with van der Waals surface area (Å²) in [6.07, 6.45) is 1.12. The zero-order chi connectivity index (χ0) is 22.8. The first kappa shape index (κ1) is 22.1. The van der Waals surface area contributed by atoms with E-state index < -0.39 is 16.9 Å². The fraction of sp³-hybridized carbons (Fsp3) is 0.200. The number of carbonyl (C=O) groups is 2. The first-order valence-electron chi connectivity index (χ1n) is 9.48. The summed E-state index contributed by atoms with van der Waals surface area (Å²) in [4.78, 5) is 37.6.